The van der Waals surface area contributed by atoms with Gasteiger partial charge < -0.3 is 19.3 Å². The molecule has 1 aliphatic heterocycles. The minimum Gasteiger partial charge on any atom is -0.503 e. The maximum absolute atomic E-state index is 11.8. The summed E-state index contributed by atoms with van der Waals surface area (Å²) in [6.45, 7) is 6.89. The molecule has 1 aliphatic rings. The van der Waals surface area contributed by atoms with E-state index in [0.717, 1.165) is 32.4 Å². The van der Waals surface area contributed by atoms with Crippen molar-refractivity contribution in [2.75, 3.05) is 20.3 Å². The first-order chi connectivity index (χ1) is 11.4. The number of hydrogen-bond donors (Lipinski definition) is 1. The van der Waals surface area contributed by atoms with Crippen molar-refractivity contribution in [3.63, 3.8) is 0 Å². The predicted molar refractivity (Wildman–Crippen MR) is 90.5 cm³/mol. The van der Waals surface area contributed by atoms with Gasteiger partial charge in [0.1, 0.15) is 0 Å². The van der Waals surface area contributed by atoms with Crippen molar-refractivity contribution >= 4 is 12.2 Å². The van der Waals surface area contributed by atoms with Crippen LogP contribution < -0.4 is 5.43 Å². The Bertz CT molecular complexity index is 637. The van der Waals surface area contributed by atoms with Gasteiger partial charge >= 0.3 is 0 Å². The number of methoxy groups -OCH3 is 1. The molecule has 2 rings (SSSR count). The standard InChI is InChI=1S/C14H18N2O4.C3H8O/c1-9-13(19)14(20)12(10(2)18)7-16(9)6-11-4-3-5-15(11)8-17;1-3-4-2/h7-8,11,19H,3-6H2,1-2H3;3H2,1-2H3. The summed E-state index contributed by atoms with van der Waals surface area (Å²) in [5.74, 6) is -0.772. The number of hydrogen-bond acceptors (Lipinski definition) is 5. The van der Waals surface area contributed by atoms with Gasteiger partial charge in [0.25, 0.3) is 0 Å². The summed E-state index contributed by atoms with van der Waals surface area (Å²) < 4.78 is 6.22. The molecule has 1 atom stereocenters. The molecule has 134 valence electrons. The lowest BCUT2D eigenvalue weighted by atomic mass is 10.1. The summed E-state index contributed by atoms with van der Waals surface area (Å²) in [5.41, 5.74) is -0.244. The van der Waals surface area contributed by atoms with E-state index in [2.05, 4.69) is 4.74 Å². The van der Waals surface area contributed by atoms with Crippen molar-refractivity contribution in [2.45, 2.75) is 46.2 Å². The number of amides is 1. The van der Waals surface area contributed by atoms with E-state index in [4.69, 9.17) is 0 Å². The second-order valence-corrected chi connectivity index (χ2v) is 5.73. The lowest BCUT2D eigenvalue weighted by Gasteiger charge is -2.23. The Balaban J connectivity index is 0.000000648. The van der Waals surface area contributed by atoms with E-state index in [1.165, 1.54) is 13.1 Å². The number of rotatable bonds is 5. The van der Waals surface area contributed by atoms with Gasteiger partial charge in [0.15, 0.2) is 11.5 Å². The molecule has 1 N–H and O–H groups in total. The molecule has 1 aromatic heterocycles. The van der Waals surface area contributed by atoms with E-state index >= 15 is 0 Å². The number of Topliss-reactive ketones (excluding diaryl/α,β-unsaturated/α-hetero) is 1. The van der Waals surface area contributed by atoms with Gasteiger partial charge in [0.2, 0.25) is 11.8 Å². The lowest BCUT2D eigenvalue weighted by Crippen LogP contribution is -2.33. The number of ether oxygens (including phenoxy) is 1. The minimum absolute atomic E-state index is 0.0243. The minimum atomic E-state index is -0.634. The number of likely N-dealkylation sites (tertiary alicyclic amines) is 1. The number of aromatic hydroxyl groups is 1. The fraction of sp³-hybridized carbons (Fsp3) is 0.588. The van der Waals surface area contributed by atoms with E-state index in [9.17, 15) is 19.5 Å². The smallest absolute Gasteiger partial charge is 0.234 e. The third kappa shape index (κ3) is 4.67. The normalized spacial score (nSPS) is 16.5. The molecule has 0 spiro atoms. The first kappa shape index (κ1) is 19.9. The highest BCUT2D eigenvalue weighted by Crippen LogP contribution is 2.20. The van der Waals surface area contributed by atoms with Crippen LogP contribution in [0.25, 0.3) is 0 Å². The van der Waals surface area contributed by atoms with Crippen LogP contribution >= 0.6 is 0 Å². The van der Waals surface area contributed by atoms with E-state index in [1.54, 1.807) is 23.5 Å². The molecule has 1 saturated heterocycles. The van der Waals surface area contributed by atoms with Crippen molar-refractivity contribution in [3.05, 3.63) is 27.7 Å². The van der Waals surface area contributed by atoms with Crippen LogP contribution in [0.2, 0.25) is 0 Å². The van der Waals surface area contributed by atoms with Gasteiger partial charge in [-0.05, 0) is 33.6 Å². The van der Waals surface area contributed by atoms with E-state index < -0.39 is 11.2 Å². The zero-order valence-corrected chi connectivity index (χ0v) is 14.7. The summed E-state index contributed by atoms with van der Waals surface area (Å²) in [5, 5.41) is 9.85. The molecule has 0 radical (unpaired) electrons. The maximum atomic E-state index is 11.8. The van der Waals surface area contributed by atoms with Crippen molar-refractivity contribution < 1.29 is 19.4 Å². The Kier molecular flexibility index (Phi) is 7.64. The fourth-order valence-electron chi connectivity index (χ4n) is 2.60. The second kappa shape index (κ2) is 9.22. The Hall–Kier alpha value is -2.15. The predicted octanol–water partition coefficient (Wildman–Crippen LogP) is 1.34. The Morgan fingerprint density at radius 2 is 2.12 bits per heavy atom. The third-order valence-electron chi connectivity index (χ3n) is 4.15. The molecule has 0 bridgehead atoms. The largest absolute Gasteiger partial charge is 0.503 e. The van der Waals surface area contributed by atoms with Gasteiger partial charge in [-0.15, -0.1) is 0 Å². The number of ketones is 1. The van der Waals surface area contributed by atoms with Crippen LogP contribution in [0.15, 0.2) is 11.0 Å². The molecule has 1 fully saturated rings. The van der Waals surface area contributed by atoms with Gasteiger partial charge in [-0.2, -0.15) is 0 Å². The molecule has 0 aliphatic carbocycles. The highest BCUT2D eigenvalue weighted by atomic mass is 16.5. The van der Waals surface area contributed by atoms with Crippen molar-refractivity contribution in [1.82, 2.24) is 9.47 Å². The number of carbonyl (C=O) groups excluding carboxylic acids is 2. The summed E-state index contributed by atoms with van der Waals surface area (Å²) >= 11 is 0. The molecular formula is C17H26N2O5. The van der Waals surface area contributed by atoms with Crippen LogP contribution in [-0.2, 0) is 16.1 Å². The third-order valence-corrected chi connectivity index (χ3v) is 4.15. The van der Waals surface area contributed by atoms with Crippen LogP contribution in [0.3, 0.4) is 0 Å². The van der Waals surface area contributed by atoms with Gasteiger partial charge in [0.05, 0.1) is 11.3 Å². The van der Waals surface area contributed by atoms with Gasteiger partial charge in [-0.1, -0.05) is 0 Å². The zero-order chi connectivity index (χ0) is 18.3. The average Bonchev–Trinajstić information content (AvgIpc) is 3.02. The molecule has 24 heavy (non-hydrogen) atoms. The van der Waals surface area contributed by atoms with E-state index in [1.807, 2.05) is 6.92 Å². The molecule has 1 unspecified atom stereocenters. The monoisotopic (exact) mass is 338 g/mol. The van der Waals surface area contributed by atoms with Crippen LogP contribution in [0.5, 0.6) is 5.75 Å². The first-order valence-corrected chi connectivity index (χ1v) is 8.01. The Labute approximate surface area is 141 Å². The summed E-state index contributed by atoms with van der Waals surface area (Å²) in [6.07, 6.45) is 4.11. The van der Waals surface area contributed by atoms with Crippen LogP contribution in [0, 0.1) is 6.92 Å². The number of aromatic nitrogens is 1. The SMILES string of the molecule is CC(=O)c1cn(CC2CCCN2C=O)c(C)c(O)c1=O.CCOC. The van der Waals surface area contributed by atoms with Crippen molar-refractivity contribution in [1.29, 1.82) is 0 Å². The Morgan fingerprint density at radius 1 is 1.50 bits per heavy atom. The molecular weight excluding hydrogens is 312 g/mol. The maximum Gasteiger partial charge on any atom is 0.234 e. The molecule has 2 heterocycles. The average molecular weight is 338 g/mol. The molecule has 1 amide bonds. The number of nitrogens with zero attached hydrogens (tertiary/aromatic N) is 2. The van der Waals surface area contributed by atoms with Crippen molar-refractivity contribution in [3.8, 4) is 5.75 Å². The van der Waals surface area contributed by atoms with Crippen LogP contribution in [0.4, 0.5) is 0 Å². The first-order valence-electron chi connectivity index (χ1n) is 8.01. The van der Waals surface area contributed by atoms with E-state index in [-0.39, 0.29) is 17.4 Å². The highest BCUT2D eigenvalue weighted by molar-refractivity contribution is 5.94. The number of carbonyl (C=O) groups is 2. The molecule has 7 heteroatoms. The van der Waals surface area contributed by atoms with Gasteiger partial charge in [-0.25, -0.2) is 0 Å². The quantitative estimate of drug-likeness (QED) is 0.646. The summed E-state index contributed by atoms with van der Waals surface area (Å²) in [4.78, 5) is 35.9. The van der Waals surface area contributed by atoms with Gasteiger partial charge in [0, 0.05) is 39.0 Å². The number of pyridine rings is 1. The van der Waals surface area contributed by atoms with Crippen molar-refractivity contribution in [2.24, 2.45) is 0 Å². The van der Waals surface area contributed by atoms with Crippen LogP contribution in [0.1, 0.15) is 42.7 Å². The fourth-order valence-corrected chi connectivity index (χ4v) is 2.60. The molecule has 7 nitrogen and oxygen atoms in total. The Morgan fingerprint density at radius 3 is 2.62 bits per heavy atom. The zero-order valence-electron chi connectivity index (χ0n) is 14.7. The molecule has 0 saturated carbocycles. The molecule has 1 aromatic rings. The van der Waals surface area contributed by atoms with Gasteiger partial charge in [-0.3, -0.25) is 14.4 Å². The topological polar surface area (TPSA) is 88.8 Å². The van der Waals surface area contributed by atoms with E-state index in [0.29, 0.717) is 12.2 Å². The molecule has 0 aromatic carbocycles. The highest BCUT2D eigenvalue weighted by Gasteiger charge is 2.24. The van der Waals surface area contributed by atoms with Crippen LogP contribution in [-0.4, -0.2) is 53.1 Å². The summed E-state index contributed by atoms with van der Waals surface area (Å²) in [6, 6.07) is 0.0351. The lowest BCUT2D eigenvalue weighted by molar-refractivity contribution is -0.119. The second-order valence-electron chi connectivity index (χ2n) is 5.73. The summed E-state index contributed by atoms with van der Waals surface area (Å²) in [7, 11) is 1.68.